The van der Waals surface area contributed by atoms with Gasteiger partial charge in [-0.15, -0.1) is 0 Å². The molecule has 0 aromatic carbocycles. The topological polar surface area (TPSA) is 38.7 Å². The molecule has 0 spiro atoms. The van der Waals surface area contributed by atoms with Gasteiger partial charge in [0.2, 0.25) is 5.28 Å². The van der Waals surface area contributed by atoms with E-state index >= 15 is 0 Å². The smallest absolute Gasteiger partial charge is 0.218 e. The third-order valence-corrected chi connectivity index (χ3v) is 2.38. The molecule has 0 N–H and O–H groups in total. The first-order chi connectivity index (χ1) is 7.26. The van der Waals surface area contributed by atoms with Gasteiger partial charge in [-0.3, -0.25) is 0 Å². The van der Waals surface area contributed by atoms with Crippen LogP contribution in [0.5, 0.6) is 0 Å². The van der Waals surface area contributed by atoms with Crippen LogP contribution >= 0.6 is 11.6 Å². The van der Waals surface area contributed by atoms with E-state index in [4.69, 9.17) is 11.6 Å². The molecular formula is C11H18ClN3. The third-order valence-electron chi connectivity index (χ3n) is 2.21. The summed E-state index contributed by atoms with van der Waals surface area (Å²) in [6.07, 6.45) is 6.30. The predicted molar refractivity (Wildman–Crippen MR) is 62.1 cm³/mol. The number of rotatable bonds is 6. The summed E-state index contributed by atoms with van der Waals surface area (Å²) in [5.41, 5.74) is 0. The van der Waals surface area contributed by atoms with E-state index in [1.54, 1.807) is 0 Å². The molecule has 0 radical (unpaired) electrons. The maximum Gasteiger partial charge on any atom is 0.225 e. The average molecular weight is 228 g/mol. The molecule has 1 aromatic rings. The lowest BCUT2D eigenvalue weighted by Gasteiger charge is -2.02. The highest BCUT2D eigenvalue weighted by molar-refractivity contribution is 6.28. The first kappa shape index (κ1) is 12.4. The second-order valence-electron chi connectivity index (χ2n) is 3.64. The molecule has 0 unspecified atom stereocenters. The molecule has 0 aliphatic rings. The fourth-order valence-electron chi connectivity index (χ4n) is 1.33. The molecule has 0 amide bonds. The average Bonchev–Trinajstić information content (AvgIpc) is 2.23. The monoisotopic (exact) mass is 227 g/mol. The van der Waals surface area contributed by atoms with Crippen molar-refractivity contribution in [2.24, 2.45) is 0 Å². The second kappa shape index (κ2) is 6.72. The van der Waals surface area contributed by atoms with Crippen molar-refractivity contribution in [1.29, 1.82) is 0 Å². The number of hydrogen-bond acceptors (Lipinski definition) is 3. The molecule has 0 saturated heterocycles. The lowest BCUT2D eigenvalue weighted by molar-refractivity contribution is 0.700. The van der Waals surface area contributed by atoms with Gasteiger partial charge in [0, 0.05) is 12.8 Å². The molecule has 0 atom stereocenters. The van der Waals surface area contributed by atoms with Crippen molar-refractivity contribution in [1.82, 2.24) is 15.0 Å². The normalized spacial score (nSPS) is 10.6. The lowest BCUT2D eigenvalue weighted by Crippen LogP contribution is -2.03. The van der Waals surface area contributed by atoms with Gasteiger partial charge in [0.05, 0.1) is 0 Å². The highest BCUT2D eigenvalue weighted by Crippen LogP contribution is 2.07. The van der Waals surface area contributed by atoms with Crippen LogP contribution in [0.1, 0.15) is 51.2 Å². The summed E-state index contributed by atoms with van der Waals surface area (Å²) in [4.78, 5) is 12.6. The maximum absolute atomic E-state index is 5.85. The van der Waals surface area contributed by atoms with Crippen molar-refractivity contribution in [3.05, 3.63) is 16.9 Å². The molecule has 3 nitrogen and oxygen atoms in total. The highest BCUT2D eigenvalue weighted by atomic mass is 35.5. The van der Waals surface area contributed by atoms with Crippen molar-refractivity contribution in [3.8, 4) is 0 Å². The van der Waals surface area contributed by atoms with Crippen LogP contribution in [-0.2, 0) is 12.8 Å². The summed E-state index contributed by atoms with van der Waals surface area (Å²) in [6.45, 7) is 4.31. The Bertz CT molecular complexity index is 276. The molecule has 84 valence electrons. The molecule has 15 heavy (non-hydrogen) atoms. The van der Waals surface area contributed by atoms with E-state index < -0.39 is 0 Å². The van der Waals surface area contributed by atoms with Crippen LogP contribution in [0.2, 0.25) is 5.28 Å². The molecule has 4 heteroatoms. The largest absolute Gasteiger partial charge is 0.225 e. The molecule has 1 heterocycles. The van der Waals surface area contributed by atoms with Gasteiger partial charge in [-0.25, -0.2) is 15.0 Å². The van der Waals surface area contributed by atoms with Gasteiger partial charge in [-0.1, -0.05) is 26.7 Å². The number of halogens is 1. The van der Waals surface area contributed by atoms with E-state index in [9.17, 15) is 0 Å². The minimum absolute atomic E-state index is 0.335. The minimum Gasteiger partial charge on any atom is -0.218 e. The van der Waals surface area contributed by atoms with E-state index in [-0.39, 0.29) is 0 Å². The van der Waals surface area contributed by atoms with E-state index in [2.05, 4.69) is 28.8 Å². The Balaban J connectivity index is 2.66. The zero-order valence-electron chi connectivity index (χ0n) is 9.46. The molecule has 1 rings (SSSR count). The Labute approximate surface area is 96.3 Å². The fraction of sp³-hybridized carbons (Fsp3) is 0.727. The van der Waals surface area contributed by atoms with Gasteiger partial charge >= 0.3 is 0 Å². The first-order valence-electron chi connectivity index (χ1n) is 5.65. The molecule has 0 fully saturated rings. The summed E-state index contributed by atoms with van der Waals surface area (Å²) < 4.78 is 0. The first-order valence-corrected chi connectivity index (χ1v) is 6.03. The second-order valence-corrected chi connectivity index (χ2v) is 3.98. The Morgan fingerprint density at radius 1 is 0.867 bits per heavy atom. The summed E-state index contributed by atoms with van der Waals surface area (Å²) in [6, 6.07) is 0. The third kappa shape index (κ3) is 4.56. The van der Waals surface area contributed by atoms with Crippen molar-refractivity contribution in [2.75, 3.05) is 0 Å². The summed E-state index contributed by atoms with van der Waals surface area (Å²) in [5, 5.41) is 0.335. The van der Waals surface area contributed by atoms with Crippen molar-refractivity contribution < 1.29 is 0 Å². The summed E-state index contributed by atoms with van der Waals surface area (Å²) in [7, 11) is 0. The standard InChI is InChI=1S/C11H18ClN3/c1-3-5-7-9-13-10(8-6-4-2)15-11(12)14-9/h3-8H2,1-2H3. The zero-order chi connectivity index (χ0) is 11.1. The van der Waals surface area contributed by atoms with Crippen molar-refractivity contribution in [3.63, 3.8) is 0 Å². The van der Waals surface area contributed by atoms with Gasteiger partial charge < -0.3 is 0 Å². The van der Waals surface area contributed by atoms with Crippen LogP contribution in [-0.4, -0.2) is 15.0 Å². The molecule has 0 aliphatic carbocycles. The SMILES string of the molecule is CCCCc1nc(Cl)nc(CCCC)n1. The van der Waals surface area contributed by atoms with Gasteiger partial charge in [0.25, 0.3) is 0 Å². The number of aromatic nitrogens is 3. The molecule has 0 saturated carbocycles. The van der Waals surface area contributed by atoms with Crippen LogP contribution in [0.3, 0.4) is 0 Å². The maximum atomic E-state index is 5.85. The Morgan fingerprint density at radius 2 is 1.33 bits per heavy atom. The van der Waals surface area contributed by atoms with Crippen LogP contribution in [0.15, 0.2) is 0 Å². The van der Waals surface area contributed by atoms with Crippen LogP contribution in [0, 0.1) is 0 Å². The van der Waals surface area contributed by atoms with Crippen LogP contribution < -0.4 is 0 Å². The quantitative estimate of drug-likeness (QED) is 0.749. The predicted octanol–water partition coefficient (Wildman–Crippen LogP) is 3.21. The number of hydrogen-bond donors (Lipinski definition) is 0. The van der Waals surface area contributed by atoms with Crippen LogP contribution in [0.4, 0.5) is 0 Å². The van der Waals surface area contributed by atoms with Crippen molar-refractivity contribution in [2.45, 2.75) is 52.4 Å². The molecule has 0 bridgehead atoms. The Kier molecular flexibility index (Phi) is 5.54. The minimum atomic E-state index is 0.335. The number of unbranched alkanes of at least 4 members (excludes halogenated alkanes) is 2. The van der Waals surface area contributed by atoms with Crippen LogP contribution in [0.25, 0.3) is 0 Å². The Morgan fingerprint density at radius 3 is 1.73 bits per heavy atom. The molecular weight excluding hydrogens is 210 g/mol. The highest BCUT2D eigenvalue weighted by Gasteiger charge is 2.04. The zero-order valence-corrected chi connectivity index (χ0v) is 10.2. The van der Waals surface area contributed by atoms with Crippen molar-refractivity contribution >= 4 is 11.6 Å². The number of nitrogens with zero attached hydrogens (tertiary/aromatic N) is 3. The molecule has 0 aliphatic heterocycles. The number of aryl methyl sites for hydroxylation is 2. The van der Waals surface area contributed by atoms with Gasteiger partial charge in [-0.2, -0.15) is 0 Å². The van der Waals surface area contributed by atoms with E-state index in [0.717, 1.165) is 50.2 Å². The Hall–Kier alpha value is -0.700. The lowest BCUT2D eigenvalue weighted by atomic mass is 10.2. The van der Waals surface area contributed by atoms with Gasteiger partial charge in [0.15, 0.2) is 0 Å². The van der Waals surface area contributed by atoms with E-state index in [1.165, 1.54) is 0 Å². The van der Waals surface area contributed by atoms with Gasteiger partial charge in [-0.05, 0) is 24.4 Å². The fourth-order valence-corrected chi connectivity index (χ4v) is 1.53. The van der Waals surface area contributed by atoms with E-state index in [0.29, 0.717) is 5.28 Å². The van der Waals surface area contributed by atoms with Gasteiger partial charge in [0.1, 0.15) is 11.6 Å². The molecule has 1 aromatic heterocycles. The van der Waals surface area contributed by atoms with E-state index in [1.807, 2.05) is 0 Å². The summed E-state index contributed by atoms with van der Waals surface area (Å²) >= 11 is 5.85. The summed E-state index contributed by atoms with van der Waals surface area (Å²) in [5.74, 6) is 1.67.